The smallest absolute Gasteiger partial charge is 0.387 e. The summed E-state index contributed by atoms with van der Waals surface area (Å²) in [7, 11) is 0. The van der Waals surface area contributed by atoms with Gasteiger partial charge in [0.25, 0.3) is 11.8 Å². The van der Waals surface area contributed by atoms with E-state index in [1.807, 2.05) is 0 Å². The van der Waals surface area contributed by atoms with Crippen molar-refractivity contribution in [2.75, 3.05) is 5.32 Å². The third-order valence-corrected chi connectivity index (χ3v) is 4.21. The molecule has 0 fully saturated rings. The van der Waals surface area contributed by atoms with Crippen molar-refractivity contribution in [2.45, 2.75) is 13.5 Å². The molecule has 0 saturated carbocycles. The van der Waals surface area contributed by atoms with Gasteiger partial charge in [-0.25, -0.2) is 4.39 Å². The zero-order chi connectivity index (χ0) is 22.0. The molecule has 2 aromatic heterocycles. The van der Waals surface area contributed by atoms with Crippen LogP contribution in [0.3, 0.4) is 0 Å². The van der Waals surface area contributed by atoms with Crippen LogP contribution in [0.1, 0.15) is 15.9 Å². The molecule has 4 rings (SSSR count). The monoisotopic (exact) mass is 429 g/mol. The first-order valence-corrected chi connectivity index (χ1v) is 8.95. The molecule has 4 aromatic rings. The first-order chi connectivity index (χ1) is 14.9. The zero-order valence-electron chi connectivity index (χ0n) is 15.9. The van der Waals surface area contributed by atoms with Crippen LogP contribution in [0.15, 0.2) is 63.6 Å². The van der Waals surface area contributed by atoms with E-state index in [1.165, 1.54) is 36.6 Å². The van der Waals surface area contributed by atoms with E-state index in [2.05, 4.69) is 20.3 Å². The van der Waals surface area contributed by atoms with Crippen LogP contribution in [0.25, 0.3) is 23.1 Å². The second-order valence-electron chi connectivity index (χ2n) is 6.42. The molecule has 0 spiro atoms. The van der Waals surface area contributed by atoms with Crippen LogP contribution in [-0.2, 0) is 0 Å². The number of benzene rings is 2. The average molecular weight is 429 g/mol. The molecule has 0 aliphatic heterocycles. The Balaban J connectivity index is 1.61. The van der Waals surface area contributed by atoms with Gasteiger partial charge in [-0.1, -0.05) is 11.6 Å². The first-order valence-electron chi connectivity index (χ1n) is 8.95. The maximum atomic E-state index is 14.3. The van der Waals surface area contributed by atoms with Crippen LogP contribution in [0, 0.1) is 12.7 Å². The van der Waals surface area contributed by atoms with Crippen molar-refractivity contribution < 1.29 is 31.5 Å². The number of aryl methyl sites for hydroxylation is 1. The van der Waals surface area contributed by atoms with E-state index in [9.17, 15) is 18.0 Å². The summed E-state index contributed by atoms with van der Waals surface area (Å²) in [6.07, 6.45) is 1.45. The van der Waals surface area contributed by atoms with Crippen molar-refractivity contribution in [3.8, 4) is 28.9 Å². The lowest BCUT2D eigenvalue weighted by Crippen LogP contribution is -2.16. The maximum absolute atomic E-state index is 14.3. The lowest BCUT2D eigenvalue weighted by molar-refractivity contribution is -0.0501. The van der Waals surface area contributed by atoms with Crippen LogP contribution in [0.2, 0.25) is 0 Å². The van der Waals surface area contributed by atoms with E-state index < -0.39 is 18.3 Å². The zero-order valence-corrected chi connectivity index (χ0v) is 15.9. The Labute approximate surface area is 173 Å². The molecule has 0 unspecified atom stereocenters. The van der Waals surface area contributed by atoms with Gasteiger partial charge in [-0.3, -0.25) is 4.79 Å². The number of ether oxygens (including phenoxy) is 1. The van der Waals surface area contributed by atoms with Crippen molar-refractivity contribution in [1.82, 2.24) is 10.2 Å². The van der Waals surface area contributed by atoms with Gasteiger partial charge < -0.3 is 18.9 Å². The number of hydrogen-bond donors (Lipinski definition) is 1. The molecule has 2 aromatic carbocycles. The van der Waals surface area contributed by atoms with Crippen molar-refractivity contribution in [2.24, 2.45) is 0 Å². The molecular formula is C21H14F3N3O4. The highest BCUT2D eigenvalue weighted by molar-refractivity contribution is 6.06. The SMILES string of the molecule is Cc1ccc(OC(F)F)c(C(=O)Nc2cc(-c3nnc(-c4ccco4)o3)ccc2F)c1. The average Bonchev–Trinajstić information content (AvgIpc) is 3.42. The molecular weight excluding hydrogens is 415 g/mol. The maximum Gasteiger partial charge on any atom is 0.387 e. The number of carbonyl (C=O) groups excluding carboxylic acids is 1. The number of hydrogen-bond acceptors (Lipinski definition) is 6. The summed E-state index contributed by atoms with van der Waals surface area (Å²) < 4.78 is 54.7. The Morgan fingerprint density at radius 1 is 1.10 bits per heavy atom. The summed E-state index contributed by atoms with van der Waals surface area (Å²) in [5, 5.41) is 10.1. The molecule has 10 heteroatoms. The second-order valence-corrected chi connectivity index (χ2v) is 6.42. The summed E-state index contributed by atoms with van der Waals surface area (Å²) in [6, 6.07) is 11.2. The van der Waals surface area contributed by atoms with Gasteiger partial charge in [-0.2, -0.15) is 8.78 Å². The molecule has 0 radical (unpaired) electrons. The van der Waals surface area contributed by atoms with E-state index in [0.717, 1.165) is 6.07 Å². The second kappa shape index (κ2) is 8.34. The van der Waals surface area contributed by atoms with E-state index in [1.54, 1.807) is 19.1 Å². The van der Waals surface area contributed by atoms with E-state index in [-0.39, 0.29) is 28.8 Å². The number of anilines is 1. The highest BCUT2D eigenvalue weighted by Gasteiger charge is 2.19. The summed E-state index contributed by atoms with van der Waals surface area (Å²) >= 11 is 0. The molecule has 0 bridgehead atoms. The Hall–Kier alpha value is -4.08. The molecule has 2 heterocycles. The molecule has 158 valence electrons. The molecule has 0 aliphatic carbocycles. The van der Waals surface area contributed by atoms with Crippen molar-refractivity contribution >= 4 is 11.6 Å². The van der Waals surface area contributed by atoms with Gasteiger partial charge >= 0.3 is 6.61 Å². The minimum absolute atomic E-state index is 0.0687. The number of amides is 1. The van der Waals surface area contributed by atoms with Crippen LogP contribution >= 0.6 is 0 Å². The lowest BCUT2D eigenvalue weighted by atomic mass is 10.1. The number of nitrogens with zero attached hydrogens (tertiary/aromatic N) is 2. The molecule has 7 nitrogen and oxygen atoms in total. The minimum Gasteiger partial charge on any atom is -0.459 e. The molecule has 0 aliphatic rings. The van der Waals surface area contributed by atoms with Crippen molar-refractivity contribution in [3.63, 3.8) is 0 Å². The van der Waals surface area contributed by atoms with Gasteiger partial charge in [0.15, 0.2) is 5.76 Å². The van der Waals surface area contributed by atoms with Crippen LogP contribution in [0.4, 0.5) is 18.9 Å². The van der Waals surface area contributed by atoms with Gasteiger partial charge in [-0.05, 0) is 49.4 Å². The Morgan fingerprint density at radius 2 is 1.90 bits per heavy atom. The third kappa shape index (κ3) is 4.42. The summed E-state index contributed by atoms with van der Waals surface area (Å²) in [6.45, 7) is -1.44. The van der Waals surface area contributed by atoms with Crippen molar-refractivity contribution in [3.05, 3.63) is 71.7 Å². The summed E-state index contributed by atoms with van der Waals surface area (Å²) in [5.74, 6) is -1.33. The topological polar surface area (TPSA) is 90.4 Å². The van der Waals surface area contributed by atoms with Gasteiger partial charge in [-0.15, -0.1) is 10.2 Å². The van der Waals surface area contributed by atoms with Crippen molar-refractivity contribution in [1.29, 1.82) is 0 Å². The number of alkyl halides is 2. The van der Waals surface area contributed by atoms with Crippen LogP contribution in [0.5, 0.6) is 5.75 Å². The highest BCUT2D eigenvalue weighted by Crippen LogP contribution is 2.29. The lowest BCUT2D eigenvalue weighted by Gasteiger charge is -2.12. The number of halogens is 3. The predicted octanol–water partition coefficient (Wildman–Crippen LogP) is 5.30. The molecule has 1 amide bonds. The minimum atomic E-state index is -3.12. The van der Waals surface area contributed by atoms with Gasteiger partial charge in [0, 0.05) is 5.56 Å². The van der Waals surface area contributed by atoms with E-state index in [4.69, 9.17) is 8.83 Å². The first kappa shape index (κ1) is 20.2. The molecule has 0 saturated heterocycles. The standard InChI is InChI=1S/C21H14F3N3O4/c1-11-4-7-16(30-21(23)24)13(9-11)18(28)25-15-10-12(5-6-14(15)22)19-26-27-20(31-19)17-3-2-8-29-17/h2-10,21H,1H3,(H,25,28). The Kier molecular flexibility index (Phi) is 5.44. The van der Waals surface area contributed by atoms with E-state index >= 15 is 0 Å². The molecule has 0 atom stereocenters. The fourth-order valence-electron chi connectivity index (χ4n) is 2.80. The third-order valence-electron chi connectivity index (χ3n) is 4.21. The number of carbonyl (C=O) groups is 1. The number of nitrogens with one attached hydrogen (secondary N) is 1. The van der Waals surface area contributed by atoms with Crippen LogP contribution in [-0.4, -0.2) is 22.7 Å². The van der Waals surface area contributed by atoms with Gasteiger partial charge in [0.2, 0.25) is 5.89 Å². The number of furan rings is 1. The van der Waals surface area contributed by atoms with Gasteiger partial charge in [0.05, 0.1) is 17.5 Å². The van der Waals surface area contributed by atoms with Crippen LogP contribution < -0.4 is 10.1 Å². The highest BCUT2D eigenvalue weighted by atomic mass is 19.3. The largest absolute Gasteiger partial charge is 0.459 e. The normalized spacial score (nSPS) is 11.0. The van der Waals surface area contributed by atoms with Gasteiger partial charge in [0.1, 0.15) is 11.6 Å². The predicted molar refractivity (Wildman–Crippen MR) is 103 cm³/mol. The fraction of sp³-hybridized carbons (Fsp3) is 0.0952. The quantitative estimate of drug-likeness (QED) is 0.447. The Bertz CT molecular complexity index is 1220. The number of rotatable bonds is 6. The summed E-state index contributed by atoms with van der Waals surface area (Å²) in [5.41, 5.74) is 0.598. The van der Waals surface area contributed by atoms with E-state index in [0.29, 0.717) is 16.9 Å². The number of aromatic nitrogens is 2. The molecule has 1 N–H and O–H groups in total. The molecule has 31 heavy (non-hydrogen) atoms. The Morgan fingerprint density at radius 3 is 2.65 bits per heavy atom. The fourth-order valence-corrected chi connectivity index (χ4v) is 2.80. The summed E-state index contributed by atoms with van der Waals surface area (Å²) in [4.78, 5) is 12.7.